The van der Waals surface area contributed by atoms with Gasteiger partial charge < -0.3 is 9.88 Å². The van der Waals surface area contributed by atoms with E-state index < -0.39 is 10.0 Å². The van der Waals surface area contributed by atoms with Gasteiger partial charge in [0, 0.05) is 26.0 Å². The molecule has 1 heterocycles. The summed E-state index contributed by atoms with van der Waals surface area (Å²) < 4.78 is 27.6. The summed E-state index contributed by atoms with van der Waals surface area (Å²) >= 11 is 0. The summed E-state index contributed by atoms with van der Waals surface area (Å²) in [5.74, 6) is 0. The number of aryl methyl sites for hydroxylation is 1. The zero-order valence-corrected chi connectivity index (χ0v) is 9.84. The predicted molar refractivity (Wildman–Crippen MR) is 59.1 cm³/mol. The Morgan fingerprint density at radius 2 is 2.13 bits per heavy atom. The van der Waals surface area contributed by atoms with Crippen molar-refractivity contribution in [2.45, 2.75) is 11.3 Å². The van der Waals surface area contributed by atoms with Crippen LogP contribution in [-0.4, -0.2) is 33.1 Å². The molecule has 0 fully saturated rings. The third-order valence-electron chi connectivity index (χ3n) is 2.01. The summed E-state index contributed by atoms with van der Waals surface area (Å²) in [5, 5.41) is 2.96. The first-order valence-electron chi connectivity index (χ1n) is 4.82. The van der Waals surface area contributed by atoms with Crippen LogP contribution in [0.2, 0.25) is 0 Å². The smallest absolute Gasteiger partial charge is 0.242 e. The monoisotopic (exact) mass is 231 g/mol. The van der Waals surface area contributed by atoms with Gasteiger partial charge in [-0.3, -0.25) is 0 Å². The highest BCUT2D eigenvalue weighted by molar-refractivity contribution is 7.89. The Kier molecular flexibility index (Phi) is 4.31. The quantitative estimate of drug-likeness (QED) is 0.673. The van der Waals surface area contributed by atoms with Crippen molar-refractivity contribution in [3.63, 3.8) is 0 Å². The van der Waals surface area contributed by atoms with E-state index in [9.17, 15) is 8.42 Å². The fourth-order valence-corrected chi connectivity index (χ4v) is 2.32. The lowest BCUT2D eigenvalue weighted by atomic mass is 10.4. The SMILES string of the molecule is CNCCCNS(=O)(=O)c1ccn(C)c1. The highest BCUT2D eigenvalue weighted by Crippen LogP contribution is 2.07. The fourth-order valence-electron chi connectivity index (χ4n) is 1.19. The first-order valence-corrected chi connectivity index (χ1v) is 6.31. The molecule has 0 aromatic carbocycles. The molecule has 2 N–H and O–H groups in total. The van der Waals surface area contributed by atoms with Crippen LogP contribution < -0.4 is 10.0 Å². The van der Waals surface area contributed by atoms with Gasteiger partial charge in [-0.25, -0.2) is 13.1 Å². The Hall–Kier alpha value is -0.850. The van der Waals surface area contributed by atoms with Gasteiger partial charge in [-0.1, -0.05) is 0 Å². The van der Waals surface area contributed by atoms with Crippen molar-refractivity contribution in [2.75, 3.05) is 20.1 Å². The minimum absolute atomic E-state index is 0.314. The third kappa shape index (κ3) is 3.65. The Morgan fingerprint density at radius 1 is 1.40 bits per heavy atom. The van der Waals surface area contributed by atoms with Gasteiger partial charge in [-0.05, 0) is 26.1 Å². The fraction of sp³-hybridized carbons (Fsp3) is 0.556. The summed E-state index contributed by atoms with van der Waals surface area (Å²) in [6.45, 7) is 1.26. The Labute approximate surface area is 90.5 Å². The lowest BCUT2D eigenvalue weighted by Crippen LogP contribution is -2.26. The number of hydrogen-bond donors (Lipinski definition) is 2. The Bertz CT molecular complexity index is 397. The van der Waals surface area contributed by atoms with Gasteiger partial charge in [0.15, 0.2) is 0 Å². The van der Waals surface area contributed by atoms with E-state index in [1.54, 1.807) is 30.1 Å². The molecule has 0 unspecified atom stereocenters. The van der Waals surface area contributed by atoms with Gasteiger partial charge >= 0.3 is 0 Å². The van der Waals surface area contributed by atoms with Gasteiger partial charge in [0.05, 0.1) is 4.90 Å². The highest BCUT2D eigenvalue weighted by atomic mass is 32.2. The molecule has 86 valence electrons. The number of hydrogen-bond acceptors (Lipinski definition) is 3. The van der Waals surface area contributed by atoms with Crippen molar-refractivity contribution in [3.8, 4) is 0 Å². The zero-order chi connectivity index (χ0) is 11.3. The van der Waals surface area contributed by atoms with E-state index in [-0.39, 0.29) is 0 Å². The molecule has 0 saturated carbocycles. The third-order valence-corrected chi connectivity index (χ3v) is 3.46. The van der Waals surface area contributed by atoms with Crippen molar-refractivity contribution in [3.05, 3.63) is 18.5 Å². The first-order chi connectivity index (χ1) is 7.06. The second-order valence-corrected chi connectivity index (χ2v) is 5.13. The lowest BCUT2D eigenvalue weighted by molar-refractivity contribution is 0.577. The van der Waals surface area contributed by atoms with Crippen LogP contribution >= 0.6 is 0 Å². The molecule has 0 saturated heterocycles. The van der Waals surface area contributed by atoms with Gasteiger partial charge in [0.1, 0.15) is 0 Å². The molecule has 1 rings (SSSR count). The van der Waals surface area contributed by atoms with Crippen LogP contribution in [0.3, 0.4) is 0 Å². The molecule has 0 radical (unpaired) electrons. The van der Waals surface area contributed by atoms with Crippen molar-refractivity contribution in [1.29, 1.82) is 0 Å². The standard InChI is InChI=1S/C9H17N3O2S/c1-10-5-3-6-11-15(13,14)9-4-7-12(2)8-9/h4,7-8,10-11H,3,5-6H2,1-2H3. The highest BCUT2D eigenvalue weighted by Gasteiger charge is 2.13. The summed E-state index contributed by atoms with van der Waals surface area (Å²) in [5.41, 5.74) is 0. The number of nitrogens with zero attached hydrogens (tertiary/aromatic N) is 1. The number of nitrogens with one attached hydrogen (secondary N) is 2. The van der Waals surface area contributed by atoms with E-state index in [1.165, 1.54) is 0 Å². The molecule has 0 atom stereocenters. The molecular formula is C9H17N3O2S. The minimum atomic E-state index is -3.32. The van der Waals surface area contributed by atoms with Crippen LogP contribution in [0.15, 0.2) is 23.4 Å². The van der Waals surface area contributed by atoms with E-state index in [4.69, 9.17) is 0 Å². The minimum Gasteiger partial charge on any atom is -0.356 e. The average molecular weight is 231 g/mol. The molecule has 0 aliphatic rings. The number of aromatic nitrogens is 1. The van der Waals surface area contributed by atoms with E-state index >= 15 is 0 Å². The van der Waals surface area contributed by atoms with E-state index in [0.29, 0.717) is 11.4 Å². The molecule has 6 heteroatoms. The van der Waals surface area contributed by atoms with Gasteiger partial charge in [-0.15, -0.1) is 0 Å². The van der Waals surface area contributed by atoms with Crippen LogP contribution in [0, 0.1) is 0 Å². The van der Waals surface area contributed by atoms with E-state index in [2.05, 4.69) is 10.0 Å². The van der Waals surface area contributed by atoms with E-state index in [0.717, 1.165) is 13.0 Å². The second-order valence-electron chi connectivity index (χ2n) is 3.37. The summed E-state index contributed by atoms with van der Waals surface area (Å²) in [6.07, 6.45) is 4.07. The largest absolute Gasteiger partial charge is 0.356 e. The number of rotatable bonds is 6. The molecule has 0 aliphatic carbocycles. The van der Waals surface area contributed by atoms with Crippen molar-refractivity contribution in [2.24, 2.45) is 7.05 Å². The molecule has 15 heavy (non-hydrogen) atoms. The average Bonchev–Trinajstić information content (AvgIpc) is 2.60. The van der Waals surface area contributed by atoms with Crippen LogP contribution in [0.5, 0.6) is 0 Å². The molecule has 0 amide bonds. The molecule has 0 aliphatic heterocycles. The van der Waals surface area contributed by atoms with Crippen LogP contribution in [0.4, 0.5) is 0 Å². The summed E-state index contributed by atoms with van der Waals surface area (Å²) in [6, 6.07) is 1.58. The van der Waals surface area contributed by atoms with Gasteiger partial charge in [0.2, 0.25) is 10.0 Å². The predicted octanol–water partition coefficient (Wildman–Crippen LogP) is -0.0871. The summed E-state index contributed by atoms with van der Waals surface area (Å²) in [7, 11) is 0.312. The number of sulfonamides is 1. The normalized spacial score (nSPS) is 11.9. The zero-order valence-electron chi connectivity index (χ0n) is 9.03. The van der Waals surface area contributed by atoms with Gasteiger partial charge in [0.25, 0.3) is 0 Å². The van der Waals surface area contributed by atoms with Crippen LogP contribution in [-0.2, 0) is 17.1 Å². The molecular weight excluding hydrogens is 214 g/mol. The Morgan fingerprint density at radius 3 is 2.67 bits per heavy atom. The second kappa shape index (κ2) is 5.29. The van der Waals surface area contributed by atoms with Crippen LogP contribution in [0.1, 0.15) is 6.42 Å². The molecule has 5 nitrogen and oxygen atoms in total. The first kappa shape index (κ1) is 12.2. The van der Waals surface area contributed by atoms with E-state index in [1.807, 2.05) is 7.05 Å². The van der Waals surface area contributed by atoms with Crippen molar-refractivity contribution < 1.29 is 8.42 Å². The maximum atomic E-state index is 11.7. The van der Waals surface area contributed by atoms with Crippen molar-refractivity contribution >= 4 is 10.0 Å². The molecule has 0 spiro atoms. The maximum Gasteiger partial charge on any atom is 0.242 e. The summed E-state index contributed by atoms with van der Waals surface area (Å²) in [4.78, 5) is 0.314. The molecule has 1 aromatic heterocycles. The van der Waals surface area contributed by atoms with Gasteiger partial charge in [-0.2, -0.15) is 0 Å². The lowest BCUT2D eigenvalue weighted by Gasteiger charge is -2.04. The van der Waals surface area contributed by atoms with Crippen molar-refractivity contribution in [1.82, 2.24) is 14.6 Å². The molecule has 1 aromatic rings. The molecule has 0 bridgehead atoms. The maximum absolute atomic E-state index is 11.7. The Balaban J connectivity index is 2.53. The van der Waals surface area contributed by atoms with Crippen LogP contribution in [0.25, 0.3) is 0 Å². The topological polar surface area (TPSA) is 63.1 Å².